The maximum Gasteiger partial charge on any atom is 0.214 e. The molecule has 3 aromatic carbocycles. The van der Waals surface area contributed by atoms with Crippen molar-refractivity contribution >= 4 is 39.6 Å². The molecule has 0 saturated heterocycles. The number of hydrogen-bond donors (Lipinski definition) is 0. The maximum absolute atomic E-state index is 7.00. The molecule has 0 aliphatic carbocycles. The number of fused-ring (bicyclic) bond motifs is 1. The second-order valence-corrected chi connectivity index (χ2v) is 10.3. The highest BCUT2D eigenvalue weighted by Gasteiger charge is 2.30. The van der Waals surface area contributed by atoms with E-state index in [2.05, 4.69) is 73.3 Å². The Morgan fingerprint density at radius 2 is 1.37 bits per heavy atom. The van der Waals surface area contributed by atoms with Crippen LogP contribution in [0.3, 0.4) is 0 Å². The van der Waals surface area contributed by atoms with Crippen molar-refractivity contribution in [2.45, 2.75) is 6.55 Å². The molecule has 0 unspecified atom stereocenters. The number of rotatable bonds is 2. The summed E-state index contributed by atoms with van der Waals surface area (Å²) in [6, 6.07) is 25.3. The summed E-state index contributed by atoms with van der Waals surface area (Å²) < 4.78 is 0. The van der Waals surface area contributed by atoms with E-state index in [1.807, 2.05) is 6.07 Å². The molecule has 94 valence electrons. The van der Waals surface area contributed by atoms with E-state index in [-0.39, 0.29) is 0 Å². The van der Waals surface area contributed by atoms with E-state index in [0.717, 1.165) is 0 Å². The van der Waals surface area contributed by atoms with Gasteiger partial charge in [-0.2, -0.15) is 11.1 Å². The maximum atomic E-state index is 7.00. The van der Waals surface area contributed by atoms with E-state index in [0.29, 0.717) is 0 Å². The van der Waals surface area contributed by atoms with E-state index >= 15 is 0 Å². The zero-order valence-corrected chi connectivity index (χ0v) is 12.6. The lowest BCUT2D eigenvalue weighted by molar-refractivity contribution is 1.73. The first-order chi connectivity index (χ1) is 9.19. The molecule has 0 aliphatic heterocycles. The van der Waals surface area contributed by atoms with Gasteiger partial charge in [-0.1, -0.05) is 72.8 Å². The monoisotopic (exact) mass is 282 g/mol. The summed E-state index contributed by atoms with van der Waals surface area (Å²) in [6.45, 7) is 2.20. The van der Waals surface area contributed by atoms with Crippen LogP contribution in [0, 0.1) is 0 Å². The highest BCUT2D eigenvalue weighted by atomic mass is 35.6. The smallest absolute Gasteiger partial charge is 0.155 e. The van der Waals surface area contributed by atoms with Crippen LogP contribution in [0.5, 0.6) is 0 Å². The third-order valence-corrected chi connectivity index (χ3v) is 7.74. The van der Waals surface area contributed by atoms with E-state index in [1.165, 1.54) is 21.1 Å². The lowest BCUT2D eigenvalue weighted by atomic mass is 10.1. The first-order valence-electron chi connectivity index (χ1n) is 6.42. The molecule has 0 fully saturated rings. The van der Waals surface area contributed by atoms with Crippen molar-refractivity contribution in [3.05, 3.63) is 72.8 Å². The molecule has 0 saturated carbocycles. The van der Waals surface area contributed by atoms with Crippen molar-refractivity contribution in [3.63, 3.8) is 0 Å². The molecular formula is C17H15ClSi. The van der Waals surface area contributed by atoms with Gasteiger partial charge in [0.15, 0.2) is 0 Å². The molecule has 0 aliphatic rings. The van der Waals surface area contributed by atoms with Crippen LogP contribution in [0.4, 0.5) is 0 Å². The van der Waals surface area contributed by atoms with Crippen LogP contribution in [-0.4, -0.2) is 7.38 Å². The van der Waals surface area contributed by atoms with Crippen LogP contribution in [-0.2, 0) is 0 Å². The molecule has 0 aromatic heterocycles. The minimum atomic E-state index is -2.15. The third kappa shape index (κ3) is 2.20. The Morgan fingerprint density at radius 1 is 0.737 bits per heavy atom. The number of hydrogen-bond acceptors (Lipinski definition) is 0. The van der Waals surface area contributed by atoms with Gasteiger partial charge in [0, 0.05) is 0 Å². The van der Waals surface area contributed by atoms with E-state index in [1.54, 1.807) is 0 Å². The Balaban J connectivity index is 2.24. The molecule has 2 heteroatoms. The lowest BCUT2D eigenvalue weighted by Crippen LogP contribution is -2.50. The molecule has 3 rings (SSSR count). The molecule has 0 nitrogen and oxygen atoms in total. The molecular weight excluding hydrogens is 268 g/mol. The standard InChI is InChI=1S/C17H15ClSi/c1-19(18,15-10-3-2-4-11-15)17-13-7-9-14-8-5-6-12-16(14)17/h2-13H,1H3/t19-/m0/s1. The van der Waals surface area contributed by atoms with Gasteiger partial charge in [-0.3, -0.25) is 0 Å². The first kappa shape index (κ1) is 12.5. The fourth-order valence-corrected chi connectivity index (χ4v) is 5.69. The van der Waals surface area contributed by atoms with Gasteiger partial charge in [-0.05, 0) is 27.7 Å². The molecule has 0 heterocycles. The van der Waals surface area contributed by atoms with E-state index < -0.39 is 7.38 Å². The largest absolute Gasteiger partial charge is 0.214 e. The Hall–Kier alpha value is -1.57. The average Bonchev–Trinajstić information content (AvgIpc) is 2.47. The summed E-state index contributed by atoms with van der Waals surface area (Å²) in [7, 11) is -2.15. The summed E-state index contributed by atoms with van der Waals surface area (Å²) in [6.07, 6.45) is 0. The summed E-state index contributed by atoms with van der Waals surface area (Å²) in [5.41, 5.74) is 0. The van der Waals surface area contributed by atoms with Gasteiger partial charge in [-0.25, -0.2) is 0 Å². The minimum absolute atomic E-state index is 1.26. The van der Waals surface area contributed by atoms with Gasteiger partial charge in [0.25, 0.3) is 0 Å². The second kappa shape index (κ2) is 4.84. The molecule has 0 spiro atoms. The Morgan fingerprint density at radius 3 is 2.16 bits per heavy atom. The molecule has 19 heavy (non-hydrogen) atoms. The summed E-state index contributed by atoms with van der Waals surface area (Å²) in [5.74, 6) is 0. The summed E-state index contributed by atoms with van der Waals surface area (Å²) in [4.78, 5) is 0. The van der Waals surface area contributed by atoms with Crippen LogP contribution in [0.15, 0.2) is 72.8 Å². The van der Waals surface area contributed by atoms with Crippen molar-refractivity contribution in [3.8, 4) is 0 Å². The van der Waals surface area contributed by atoms with Gasteiger partial charge < -0.3 is 0 Å². The summed E-state index contributed by atoms with van der Waals surface area (Å²) >= 11 is 7.00. The molecule has 0 bridgehead atoms. The van der Waals surface area contributed by atoms with Crippen molar-refractivity contribution in [1.29, 1.82) is 0 Å². The minimum Gasteiger partial charge on any atom is -0.155 e. The normalized spacial score (nSPS) is 14.2. The number of benzene rings is 3. The zero-order valence-electron chi connectivity index (χ0n) is 10.8. The first-order valence-corrected chi connectivity index (χ1v) is 9.93. The molecule has 1 atom stereocenters. The average molecular weight is 283 g/mol. The second-order valence-electron chi connectivity index (χ2n) is 4.90. The topological polar surface area (TPSA) is 0 Å². The van der Waals surface area contributed by atoms with Crippen LogP contribution >= 0.6 is 11.1 Å². The fourth-order valence-electron chi connectivity index (χ4n) is 2.54. The van der Waals surface area contributed by atoms with Crippen molar-refractivity contribution in [2.24, 2.45) is 0 Å². The Bertz CT molecular complexity index is 699. The number of halogens is 1. The van der Waals surface area contributed by atoms with Gasteiger partial charge in [0.05, 0.1) is 0 Å². The molecule has 0 radical (unpaired) electrons. The highest BCUT2D eigenvalue weighted by Crippen LogP contribution is 2.18. The SMILES string of the molecule is C[Si@](Cl)(c1ccccc1)c1cccc2ccccc12. The fraction of sp³-hybridized carbons (Fsp3) is 0.0588. The van der Waals surface area contributed by atoms with Gasteiger partial charge in [0.2, 0.25) is 7.38 Å². The van der Waals surface area contributed by atoms with E-state index in [9.17, 15) is 0 Å². The molecule has 0 amide bonds. The van der Waals surface area contributed by atoms with Crippen molar-refractivity contribution in [2.75, 3.05) is 0 Å². The van der Waals surface area contributed by atoms with Crippen LogP contribution in [0.25, 0.3) is 10.8 Å². The van der Waals surface area contributed by atoms with Gasteiger partial charge in [-0.15, -0.1) is 0 Å². The quantitative estimate of drug-likeness (QED) is 0.496. The van der Waals surface area contributed by atoms with Crippen LogP contribution in [0.1, 0.15) is 0 Å². The molecule has 3 aromatic rings. The Labute approximate surface area is 119 Å². The zero-order chi connectivity index (χ0) is 13.3. The Kier molecular flexibility index (Phi) is 3.17. The summed E-state index contributed by atoms with van der Waals surface area (Å²) in [5, 5.41) is 5.08. The predicted octanol–water partition coefficient (Wildman–Crippen LogP) is 3.77. The van der Waals surface area contributed by atoms with Crippen LogP contribution < -0.4 is 10.4 Å². The van der Waals surface area contributed by atoms with Crippen molar-refractivity contribution < 1.29 is 0 Å². The van der Waals surface area contributed by atoms with E-state index in [4.69, 9.17) is 11.1 Å². The van der Waals surface area contributed by atoms with Crippen LogP contribution in [0.2, 0.25) is 6.55 Å². The van der Waals surface area contributed by atoms with Gasteiger partial charge >= 0.3 is 0 Å². The third-order valence-electron chi connectivity index (χ3n) is 3.61. The van der Waals surface area contributed by atoms with Gasteiger partial charge in [0.1, 0.15) is 0 Å². The molecule has 0 N–H and O–H groups in total. The highest BCUT2D eigenvalue weighted by molar-refractivity contribution is 7.34. The predicted molar refractivity (Wildman–Crippen MR) is 87.1 cm³/mol. The lowest BCUT2D eigenvalue weighted by Gasteiger charge is -2.22. The van der Waals surface area contributed by atoms with Crippen molar-refractivity contribution in [1.82, 2.24) is 0 Å².